The quantitative estimate of drug-likeness (QED) is 0.704. The Morgan fingerprint density at radius 1 is 1.27 bits per heavy atom. The zero-order chi connectivity index (χ0) is 10.7. The molecule has 0 bridgehead atoms. The van der Waals surface area contributed by atoms with Crippen molar-refractivity contribution in [2.45, 2.75) is 6.54 Å². The van der Waals surface area contributed by atoms with E-state index in [-0.39, 0.29) is 0 Å². The molecule has 5 N–H and O–H groups in total. The Hall–Kier alpha value is -2.17. The molecular weight excluding hydrogens is 192 g/mol. The lowest BCUT2D eigenvalue weighted by atomic mass is 10.3. The molecule has 2 heterocycles. The van der Waals surface area contributed by atoms with Crippen molar-refractivity contribution >= 4 is 17.3 Å². The molecule has 0 saturated heterocycles. The second-order valence-electron chi connectivity index (χ2n) is 3.16. The van der Waals surface area contributed by atoms with E-state index in [1.165, 1.54) is 0 Å². The summed E-state index contributed by atoms with van der Waals surface area (Å²) in [5, 5.41) is 3.11. The summed E-state index contributed by atoms with van der Waals surface area (Å²) in [4.78, 5) is 4.08. The van der Waals surface area contributed by atoms with Gasteiger partial charge in [-0.2, -0.15) is 0 Å². The van der Waals surface area contributed by atoms with Gasteiger partial charge in [0.2, 0.25) is 0 Å². The lowest BCUT2D eigenvalue weighted by Gasteiger charge is -2.05. The highest BCUT2D eigenvalue weighted by Crippen LogP contribution is 2.15. The molecule has 0 saturated carbocycles. The van der Waals surface area contributed by atoms with Crippen LogP contribution in [0.1, 0.15) is 5.56 Å². The number of hydrogen-bond donors (Lipinski definition) is 3. The number of nitrogen functional groups attached to an aromatic ring is 2. The highest BCUT2D eigenvalue weighted by atomic mass is 16.3. The zero-order valence-electron chi connectivity index (χ0n) is 8.10. The predicted octanol–water partition coefficient (Wildman–Crippen LogP) is 1.45. The van der Waals surface area contributed by atoms with Gasteiger partial charge < -0.3 is 21.2 Å². The average Bonchev–Trinajstić information content (AvgIpc) is 2.73. The minimum Gasteiger partial charge on any atom is -0.472 e. The van der Waals surface area contributed by atoms with Crippen molar-refractivity contribution in [3.63, 3.8) is 0 Å². The van der Waals surface area contributed by atoms with Crippen molar-refractivity contribution in [3.05, 3.63) is 36.3 Å². The minimum atomic E-state index is 0.340. The number of nitrogens with zero attached hydrogens (tertiary/aromatic N) is 1. The molecule has 0 aromatic carbocycles. The maximum absolute atomic E-state index is 5.57. The molecule has 5 nitrogen and oxygen atoms in total. The van der Waals surface area contributed by atoms with E-state index >= 15 is 0 Å². The molecule has 2 aromatic rings. The zero-order valence-corrected chi connectivity index (χ0v) is 8.10. The second-order valence-corrected chi connectivity index (χ2v) is 3.16. The van der Waals surface area contributed by atoms with Crippen LogP contribution in [-0.2, 0) is 6.54 Å². The number of hydrogen-bond acceptors (Lipinski definition) is 5. The molecule has 0 aliphatic rings. The maximum atomic E-state index is 5.57. The van der Waals surface area contributed by atoms with E-state index in [9.17, 15) is 0 Å². The van der Waals surface area contributed by atoms with Crippen molar-refractivity contribution in [2.75, 3.05) is 16.8 Å². The molecule has 0 aliphatic heterocycles. The smallest absolute Gasteiger partial charge is 0.149 e. The fraction of sp³-hybridized carbons (Fsp3) is 0.100. The summed E-state index contributed by atoms with van der Waals surface area (Å²) in [7, 11) is 0. The van der Waals surface area contributed by atoms with E-state index in [0.717, 1.165) is 5.56 Å². The number of rotatable bonds is 3. The SMILES string of the molecule is Nc1ccc(NCc2ccoc2)nc1N. The van der Waals surface area contributed by atoms with E-state index in [1.54, 1.807) is 24.7 Å². The molecular formula is C10H12N4O. The van der Waals surface area contributed by atoms with E-state index < -0.39 is 0 Å². The molecule has 78 valence electrons. The Balaban J connectivity index is 2.02. The second kappa shape index (κ2) is 3.91. The monoisotopic (exact) mass is 204 g/mol. The Morgan fingerprint density at radius 2 is 2.13 bits per heavy atom. The third-order valence-electron chi connectivity index (χ3n) is 2.01. The van der Waals surface area contributed by atoms with Crippen LogP contribution in [-0.4, -0.2) is 4.98 Å². The van der Waals surface area contributed by atoms with E-state index in [0.29, 0.717) is 23.9 Å². The molecule has 0 radical (unpaired) electrons. The number of furan rings is 1. The number of pyridine rings is 1. The van der Waals surface area contributed by atoms with Crippen LogP contribution in [0.3, 0.4) is 0 Å². The van der Waals surface area contributed by atoms with Crippen molar-refractivity contribution in [2.24, 2.45) is 0 Å². The summed E-state index contributed by atoms with van der Waals surface area (Å²) in [6, 6.07) is 5.39. The molecule has 0 spiro atoms. The average molecular weight is 204 g/mol. The van der Waals surface area contributed by atoms with E-state index in [2.05, 4.69) is 10.3 Å². The van der Waals surface area contributed by atoms with Gasteiger partial charge in [0.05, 0.1) is 18.2 Å². The van der Waals surface area contributed by atoms with Gasteiger partial charge in [0.25, 0.3) is 0 Å². The van der Waals surface area contributed by atoms with Gasteiger partial charge in [0.15, 0.2) is 0 Å². The van der Waals surface area contributed by atoms with Crippen LogP contribution < -0.4 is 16.8 Å². The summed E-state index contributed by atoms with van der Waals surface area (Å²) in [5.74, 6) is 1.04. The lowest BCUT2D eigenvalue weighted by Crippen LogP contribution is -2.04. The van der Waals surface area contributed by atoms with Crippen LogP contribution >= 0.6 is 0 Å². The Labute approximate surface area is 87.1 Å². The fourth-order valence-corrected chi connectivity index (χ4v) is 1.17. The van der Waals surface area contributed by atoms with Gasteiger partial charge >= 0.3 is 0 Å². The first-order valence-electron chi connectivity index (χ1n) is 4.52. The third kappa shape index (κ3) is 2.19. The molecule has 2 aromatic heterocycles. The Bertz CT molecular complexity index is 439. The van der Waals surface area contributed by atoms with Crippen molar-refractivity contribution in [3.8, 4) is 0 Å². The van der Waals surface area contributed by atoms with Crippen LogP contribution in [0.25, 0.3) is 0 Å². The first-order valence-corrected chi connectivity index (χ1v) is 4.52. The van der Waals surface area contributed by atoms with E-state index in [1.807, 2.05) is 6.07 Å². The Morgan fingerprint density at radius 3 is 2.80 bits per heavy atom. The van der Waals surface area contributed by atoms with Gasteiger partial charge in [0.1, 0.15) is 11.6 Å². The summed E-state index contributed by atoms with van der Waals surface area (Å²) < 4.78 is 4.94. The maximum Gasteiger partial charge on any atom is 0.149 e. The van der Waals surface area contributed by atoms with Gasteiger partial charge in [-0.25, -0.2) is 4.98 Å². The van der Waals surface area contributed by atoms with E-state index in [4.69, 9.17) is 15.9 Å². The molecule has 0 fully saturated rings. The van der Waals surface area contributed by atoms with Gasteiger partial charge in [-0.15, -0.1) is 0 Å². The summed E-state index contributed by atoms with van der Waals surface area (Å²) >= 11 is 0. The van der Waals surface area contributed by atoms with Crippen LogP contribution in [0.2, 0.25) is 0 Å². The topological polar surface area (TPSA) is 90.1 Å². The molecule has 0 amide bonds. The standard InChI is InChI=1S/C10H12N4O/c11-8-1-2-9(14-10(8)12)13-5-7-3-4-15-6-7/h1-4,6H,5,11H2,(H3,12,13,14). The van der Waals surface area contributed by atoms with Crippen molar-refractivity contribution < 1.29 is 4.42 Å². The molecule has 2 rings (SSSR count). The molecule has 0 unspecified atom stereocenters. The normalized spacial score (nSPS) is 10.1. The van der Waals surface area contributed by atoms with Crippen LogP contribution in [0.4, 0.5) is 17.3 Å². The summed E-state index contributed by atoms with van der Waals surface area (Å²) in [6.07, 6.45) is 3.30. The molecule has 15 heavy (non-hydrogen) atoms. The molecule has 5 heteroatoms. The van der Waals surface area contributed by atoms with Gasteiger partial charge in [0, 0.05) is 12.1 Å². The minimum absolute atomic E-state index is 0.340. The van der Waals surface area contributed by atoms with Gasteiger partial charge in [-0.3, -0.25) is 0 Å². The van der Waals surface area contributed by atoms with Crippen molar-refractivity contribution in [1.82, 2.24) is 4.98 Å². The van der Waals surface area contributed by atoms with Crippen molar-refractivity contribution in [1.29, 1.82) is 0 Å². The van der Waals surface area contributed by atoms with Crippen LogP contribution in [0.15, 0.2) is 35.1 Å². The largest absolute Gasteiger partial charge is 0.472 e. The first kappa shape index (κ1) is 9.39. The highest BCUT2D eigenvalue weighted by Gasteiger charge is 1.99. The van der Waals surface area contributed by atoms with Crippen LogP contribution in [0.5, 0.6) is 0 Å². The number of nitrogens with two attached hydrogens (primary N) is 2. The Kier molecular flexibility index (Phi) is 2.45. The first-order chi connectivity index (χ1) is 7.25. The molecule has 0 atom stereocenters. The predicted molar refractivity (Wildman–Crippen MR) is 59.1 cm³/mol. The fourth-order valence-electron chi connectivity index (χ4n) is 1.17. The highest BCUT2D eigenvalue weighted by molar-refractivity contribution is 5.61. The third-order valence-corrected chi connectivity index (χ3v) is 2.01. The number of nitrogens with one attached hydrogen (secondary N) is 1. The number of anilines is 3. The van der Waals surface area contributed by atoms with Gasteiger partial charge in [-0.1, -0.05) is 0 Å². The lowest BCUT2D eigenvalue weighted by molar-refractivity contribution is 0.564. The summed E-state index contributed by atoms with van der Waals surface area (Å²) in [5.41, 5.74) is 12.7. The molecule has 0 aliphatic carbocycles. The van der Waals surface area contributed by atoms with Gasteiger partial charge in [-0.05, 0) is 18.2 Å². The summed E-state index contributed by atoms with van der Waals surface area (Å²) in [6.45, 7) is 0.646. The number of aromatic nitrogens is 1. The van der Waals surface area contributed by atoms with Crippen LogP contribution in [0, 0.1) is 0 Å².